The first-order valence-corrected chi connectivity index (χ1v) is 4.48. The van der Waals surface area contributed by atoms with Crippen LogP contribution in [0.2, 0.25) is 0 Å². The molecule has 0 spiro atoms. The van der Waals surface area contributed by atoms with Gasteiger partial charge in [0.05, 0.1) is 0 Å². The normalized spacial score (nSPS) is 11.7. The van der Waals surface area contributed by atoms with E-state index in [1.54, 1.807) is 0 Å². The molecule has 0 saturated heterocycles. The Kier molecular flexibility index (Phi) is 15.5. The third kappa shape index (κ3) is 11.9. The van der Waals surface area contributed by atoms with Crippen molar-refractivity contribution in [3.05, 3.63) is 0 Å². The lowest BCUT2D eigenvalue weighted by Crippen LogP contribution is -1.94. The number of halogens is 2. The van der Waals surface area contributed by atoms with E-state index in [2.05, 4.69) is 6.92 Å². The molecule has 0 N–H and O–H groups in total. The molecule has 0 fully saturated rings. The average molecular weight is 171 g/mol. The molecule has 58 valence electrons. The van der Waals surface area contributed by atoms with Crippen LogP contribution >= 0.6 is 23.2 Å². The zero-order valence-electron chi connectivity index (χ0n) is 6.45. The van der Waals surface area contributed by atoms with Crippen LogP contribution in [0.25, 0.3) is 0 Å². The van der Waals surface area contributed by atoms with Gasteiger partial charge in [-0.3, -0.25) is 0 Å². The van der Waals surface area contributed by atoms with E-state index in [-0.39, 0.29) is 5.38 Å². The van der Waals surface area contributed by atoms with Gasteiger partial charge in [0.1, 0.15) is 0 Å². The minimum absolute atomic E-state index is 0.289. The molecule has 0 aromatic heterocycles. The molecule has 0 aliphatic rings. The van der Waals surface area contributed by atoms with E-state index in [1.807, 2.05) is 13.8 Å². The minimum atomic E-state index is 0.289. The highest BCUT2D eigenvalue weighted by Gasteiger charge is 1.96. The van der Waals surface area contributed by atoms with E-state index in [0.717, 1.165) is 12.8 Å². The molecule has 0 nitrogen and oxygen atoms in total. The van der Waals surface area contributed by atoms with Crippen molar-refractivity contribution in [1.82, 2.24) is 0 Å². The molecule has 0 rings (SSSR count). The first-order chi connectivity index (χ1) is 4.31. The van der Waals surface area contributed by atoms with Crippen LogP contribution in [0.5, 0.6) is 0 Å². The number of hydrogen-bond acceptors (Lipinski definition) is 0. The van der Waals surface area contributed by atoms with Crippen LogP contribution < -0.4 is 0 Å². The zero-order chi connectivity index (χ0) is 7.70. The molecule has 2 heteroatoms. The molecule has 9 heavy (non-hydrogen) atoms. The van der Waals surface area contributed by atoms with Gasteiger partial charge in [0.25, 0.3) is 0 Å². The summed E-state index contributed by atoms with van der Waals surface area (Å²) in [5, 5.41) is 0.289. The van der Waals surface area contributed by atoms with Crippen molar-refractivity contribution in [2.75, 3.05) is 5.88 Å². The van der Waals surface area contributed by atoms with Crippen molar-refractivity contribution in [2.24, 2.45) is 0 Å². The summed E-state index contributed by atoms with van der Waals surface area (Å²) < 4.78 is 0. The fourth-order valence-electron chi connectivity index (χ4n) is 0.323. The van der Waals surface area contributed by atoms with Crippen LogP contribution in [-0.2, 0) is 0 Å². The Hall–Kier alpha value is 0.580. The van der Waals surface area contributed by atoms with Gasteiger partial charge in [-0.05, 0) is 12.8 Å². The van der Waals surface area contributed by atoms with E-state index in [0.29, 0.717) is 5.88 Å². The van der Waals surface area contributed by atoms with Crippen LogP contribution in [0.4, 0.5) is 0 Å². The maximum absolute atomic E-state index is 5.68. The summed E-state index contributed by atoms with van der Waals surface area (Å²) in [6.45, 7) is 6.06. The Morgan fingerprint density at radius 3 is 1.89 bits per heavy atom. The maximum Gasteiger partial charge on any atom is 0.0344 e. The van der Waals surface area contributed by atoms with E-state index in [4.69, 9.17) is 23.2 Å². The predicted octanol–water partition coefficient (Wildman–Crippen LogP) is 3.66. The van der Waals surface area contributed by atoms with Gasteiger partial charge < -0.3 is 0 Å². The van der Waals surface area contributed by atoms with Gasteiger partial charge in [-0.1, -0.05) is 20.8 Å². The third-order valence-electron chi connectivity index (χ3n) is 0.865. The second kappa shape index (κ2) is 11.4. The van der Waals surface area contributed by atoms with Crippen LogP contribution in [-0.4, -0.2) is 11.3 Å². The molecule has 1 atom stereocenters. The van der Waals surface area contributed by atoms with Crippen LogP contribution in [0.15, 0.2) is 0 Å². The summed E-state index contributed by atoms with van der Waals surface area (Å²) in [4.78, 5) is 0. The zero-order valence-corrected chi connectivity index (χ0v) is 7.97. The number of rotatable bonds is 3. The van der Waals surface area contributed by atoms with Gasteiger partial charge in [0, 0.05) is 11.3 Å². The minimum Gasteiger partial charge on any atom is -0.127 e. The van der Waals surface area contributed by atoms with Gasteiger partial charge in [-0.25, -0.2) is 0 Å². The highest BCUT2D eigenvalue weighted by molar-refractivity contribution is 6.22. The van der Waals surface area contributed by atoms with Gasteiger partial charge in [-0.2, -0.15) is 0 Å². The standard InChI is InChI=1S/C5H10Cl2.C2H6/c1-2-5(7)3-4-6;1-2/h5H,2-4H2,1H3;1-2H3. The Labute approximate surface area is 68.5 Å². The van der Waals surface area contributed by atoms with Crippen molar-refractivity contribution in [3.8, 4) is 0 Å². The van der Waals surface area contributed by atoms with Gasteiger partial charge >= 0.3 is 0 Å². The SMILES string of the molecule is CC.CCC(Cl)CCCl. The van der Waals surface area contributed by atoms with Crippen molar-refractivity contribution in [1.29, 1.82) is 0 Å². The third-order valence-corrected chi connectivity index (χ3v) is 1.61. The molecular weight excluding hydrogens is 155 g/mol. The largest absolute Gasteiger partial charge is 0.127 e. The lowest BCUT2D eigenvalue weighted by atomic mass is 10.3. The second-order valence-corrected chi connectivity index (χ2v) is 2.48. The first kappa shape index (κ1) is 12.3. The quantitative estimate of drug-likeness (QED) is 0.568. The van der Waals surface area contributed by atoms with E-state index >= 15 is 0 Å². The summed E-state index contributed by atoms with van der Waals surface area (Å²) in [6, 6.07) is 0. The Morgan fingerprint density at radius 1 is 1.33 bits per heavy atom. The molecule has 0 heterocycles. The molecular formula is C7H16Cl2. The fourth-order valence-corrected chi connectivity index (χ4v) is 0.807. The lowest BCUT2D eigenvalue weighted by Gasteiger charge is -1.98. The Morgan fingerprint density at radius 2 is 1.78 bits per heavy atom. The van der Waals surface area contributed by atoms with E-state index in [1.165, 1.54) is 0 Å². The summed E-state index contributed by atoms with van der Waals surface area (Å²) in [7, 11) is 0. The summed E-state index contributed by atoms with van der Waals surface area (Å²) in [6.07, 6.45) is 1.95. The smallest absolute Gasteiger partial charge is 0.0344 e. The maximum atomic E-state index is 5.68. The van der Waals surface area contributed by atoms with Crippen molar-refractivity contribution >= 4 is 23.2 Å². The predicted molar refractivity (Wildman–Crippen MR) is 46.6 cm³/mol. The molecule has 0 aromatic carbocycles. The molecule has 0 amide bonds. The van der Waals surface area contributed by atoms with Gasteiger partial charge in [0.15, 0.2) is 0 Å². The average Bonchev–Trinajstić information content (AvgIpc) is 1.93. The number of alkyl halides is 2. The Balaban J connectivity index is 0. The lowest BCUT2D eigenvalue weighted by molar-refractivity contribution is 0.786. The van der Waals surface area contributed by atoms with Gasteiger partial charge in [0.2, 0.25) is 0 Å². The van der Waals surface area contributed by atoms with Crippen molar-refractivity contribution in [2.45, 2.75) is 39.0 Å². The summed E-state index contributed by atoms with van der Waals surface area (Å²) >= 11 is 11.1. The number of hydrogen-bond donors (Lipinski definition) is 0. The monoisotopic (exact) mass is 170 g/mol. The fraction of sp³-hybridized carbons (Fsp3) is 1.00. The second-order valence-electron chi connectivity index (χ2n) is 1.48. The molecule has 0 saturated carbocycles. The van der Waals surface area contributed by atoms with Crippen LogP contribution in [0.3, 0.4) is 0 Å². The molecule has 0 aromatic rings. The van der Waals surface area contributed by atoms with E-state index < -0.39 is 0 Å². The molecule has 0 aliphatic heterocycles. The Bertz CT molecular complexity index is 37.9. The molecule has 0 radical (unpaired) electrons. The molecule has 1 unspecified atom stereocenters. The van der Waals surface area contributed by atoms with Crippen molar-refractivity contribution < 1.29 is 0 Å². The van der Waals surface area contributed by atoms with Crippen molar-refractivity contribution in [3.63, 3.8) is 0 Å². The summed E-state index contributed by atoms with van der Waals surface area (Å²) in [5.41, 5.74) is 0. The highest BCUT2D eigenvalue weighted by Crippen LogP contribution is 2.06. The van der Waals surface area contributed by atoms with Gasteiger partial charge in [-0.15, -0.1) is 23.2 Å². The topological polar surface area (TPSA) is 0 Å². The van der Waals surface area contributed by atoms with Crippen LogP contribution in [0.1, 0.15) is 33.6 Å². The molecule has 0 bridgehead atoms. The van der Waals surface area contributed by atoms with E-state index in [9.17, 15) is 0 Å². The molecule has 0 aliphatic carbocycles. The summed E-state index contributed by atoms with van der Waals surface area (Å²) in [5.74, 6) is 0.683. The highest BCUT2D eigenvalue weighted by atomic mass is 35.5. The first-order valence-electron chi connectivity index (χ1n) is 3.51. The van der Waals surface area contributed by atoms with Crippen LogP contribution in [0, 0.1) is 0 Å².